The molecule has 0 amide bonds. The largest absolute Gasteiger partial charge is 0.506 e. The van der Waals surface area contributed by atoms with Crippen molar-refractivity contribution in [3.8, 4) is 11.4 Å². The van der Waals surface area contributed by atoms with Crippen LogP contribution in [0, 0.1) is 10.1 Å². The number of nitro groups is 1. The number of hydrogen-bond acceptors (Lipinski definition) is 5. The second kappa shape index (κ2) is 6.88. The van der Waals surface area contributed by atoms with Crippen LogP contribution in [-0.4, -0.2) is 14.6 Å². The van der Waals surface area contributed by atoms with Gasteiger partial charge in [0.05, 0.1) is 16.1 Å². The molecule has 0 aliphatic rings. The summed E-state index contributed by atoms with van der Waals surface area (Å²) in [5.41, 5.74) is 0.00801. The molecule has 0 spiro atoms. The number of hydrogen-bond donors (Lipinski definition) is 2. The standard InChI is InChI=1S/C21H15N3O4/c25-18-13-7-5-11-16(18)22-19-15-10-4-6-12-17(15)23(14-8-2-1-3-9-14)21(26)20(19)24(27)28/h1-13,22,25H. The molecule has 0 saturated carbocycles. The first kappa shape index (κ1) is 17.3. The number of benzene rings is 3. The number of nitrogens with zero attached hydrogens (tertiary/aromatic N) is 2. The highest BCUT2D eigenvalue weighted by atomic mass is 16.6. The molecule has 2 N–H and O–H groups in total. The maximum atomic E-state index is 13.1. The molecule has 4 aromatic rings. The van der Waals surface area contributed by atoms with Crippen molar-refractivity contribution in [3.05, 3.63) is 99.3 Å². The molecule has 0 radical (unpaired) electrons. The molecule has 28 heavy (non-hydrogen) atoms. The van der Waals surface area contributed by atoms with Gasteiger partial charge in [-0.05, 0) is 30.3 Å². The summed E-state index contributed by atoms with van der Waals surface area (Å²) in [4.78, 5) is 24.3. The monoisotopic (exact) mass is 373 g/mol. The van der Waals surface area contributed by atoms with Crippen LogP contribution in [0.5, 0.6) is 5.75 Å². The van der Waals surface area contributed by atoms with Crippen LogP contribution in [0.25, 0.3) is 16.6 Å². The van der Waals surface area contributed by atoms with E-state index < -0.39 is 16.2 Å². The second-order valence-corrected chi connectivity index (χ2v) is 6.12. The number of anilines is 2. The van der Waals surface area contributed by atoms with Gasteiger partial charge in [-0.3, -0.25) is 19.5 Å². The summed E-state index contributed by atoms with van der Waals surface area (Å²) in [6.07, 6.45) is 0. The topological polar surface area (TPSA) is 97.4 Å². The van der Waals surface area contributed by atoms with E-state index in [1.165, 1.54) is 10.6 Å². The summed E-state index contributed by atoms with van der Waals surface area (Å²) in [6, 6.07) is 22.0. The molecule has 7 nitrogen and oxygen atoms in total. The number of fused-ring (bicyclic) bond motifs is 1. The lowest BCUT2D eigenvalue weighted by Crippen LogP contribution is -2.23. The lowest BCUT2D eigenvalue weighted by Gasteiger charge is -2.15. The number of para-hydroxylation sites is 4. The molecule has 0 atom stereocenters. The van der Waals surface area contributed by atoms with Crippen molar-refractivity contribution < 1.29 is 10.0 Å². The number of phenols is 1. The lowest BCUT2D eigenvalue weighted by molar-refractivity contribution is -0.385. The quantitative estimate of drug-likeness (QED) is 0.315. The van der Waals surface area contributed by atoms with E-state index in [9.17, 15) is 20.0 Å². The van der Waals surface area contributed by atoms with Crippen LogP contribution >= 0.6 is 0 Å². The van der Waals surface area contributed by atoms with Gasteiger partial charge < -0.3 is 10.4 Å². The lowest BCUT2D eigenvalue weighted by atomic mass is 10.1. The van der Waals surface area contributed by atoms with E-state index in [-0.39, 0.29) is 17.1 Å². The number of nitrogens with one attached hydrogen (secondary N) is 1. The first-order chi connectivity index (χ1) is 13.6. The Morgan fingerprint density at radius 1 is 0.893 bits per heavy atom. The van der Waals surface area contributed by atoms with E-state index in [1.54, 1.807) is 72.8 Å². The molecule has 138 valence electrons. The van der Waals surface area contributed by atoms with E-state index in [2.05, 4.69) is 5.32 Å². The normalized spacial score (nSPS) is 10.7. The molecule has 0 aliphatic heterocycles. The second-order valence-electron chi connectivity index (χ2n) is 6.12. The number of aromatic nitrogens is 1. The average Bonchev–Trinajstić information content (AvgIpc) is 2.70. The molecule has 0 fully saturated rings. The molecule has 0 saturated heterocycles. The highest BCUT2D eigenvalue weighted by molar-refractivity contribution is 5.99. The van der Waals surface area contributed by atoms with Gasteiger partial charge in [0.2, 0.25) is 0 Å². The third-order valence-corrected chi connectivity index (χ3v) is 4.42. The highest BCUT2D eigenvalue weighted by Crippen LogP contribution is 2.36. The number of phenolic OH excluding ortho intramolecular Hbond substituents is 1. The van der Waals surface area contributed by atoms with Gasteiger partial charge in [0.25, 0.3) is 0 Å². The van der Waals surface area contributed by atoms with Gasteiger partial charge in [-0.15, -0.1) is 0 Å². The van der Waals surface area contributed by atoms with Crippen LogP contribution in [0.4, 0.5) is 17.1 Å². The predicted molar refractivity (Wildman–Crippen MR) is 108 cm³/mol. The fourth-order valence-corrected chi connectivity index (χ4v) is 3.17. The molecule has 0 bridgehead atoms. The van der Waals surface area contributed by atoms with Crippen molar-refractivity contribution in [2.75, 3.05) is 5.32 Å². The predicted octanol–water partition coefficient (Wildman–Crippen LogP) is 4.35. The minimum absolute atomic E-state index is 0.0410. The molecule has 4 rings (SSSR count). The van der Waals surface area contributed by atoms with Gasteiger partial charge >= 0.3 is 11.2 Å². The zero-order valence-corrected chi connectivity index (χ0v) is 14.6. The van der Waals surface area contributed by atoms with Crippen molar-refractivity contribution in [1.29, 1.82) is 0 Å². The van der Waals surface area contributed by atoms with Crippen LogP contribution in [0.1, 0.15) is 0 Å². The summed E-state index contributed by atoms with van der Waals surface area (Å²) in [5.74, 6) is -0.0758. The van der Waals surface area contributed by atoms with Gasteiger partial charge in [-0.1, -0.05) is 48.5 Å². The highest BCUT2D eigenvalue weighted by Gasteiger charge is 2.27. The molecule has 0 aliphatic carbocycles. The van der Waals surface area contributed by atoms with E-state index in [0.29, 0.717) is 16.6 Å². The summed E-state index contributed by atoms with van der Waals surface area (Å²) >= 11 is 0. The van der Waals surface area contributed by atoms with Crippen LogP contribution < -0.4 is 10.9 Å². The molecule has 0 unspecified atom stereocenters. The van der Waals surface area contributed by atoms with Crippen LogP contribution in [0.3, 0.4) is 0 Å². The summed E-state index contributed by atoms with van der Waals surface area (Å²) < 4.78 is 1.32. The van der Waals surface area contributed by atoms with E-state index in [4.69, 9.17) is 0 Å². The van der Waals surface area contributed by atoms with Crippen LogP contribution in [0.15, 0.2) is 83.7 Å². The smallest absolute Gasteiger partial charge is 0.358 e. The minimum atomic E-state index is -0.757. The van der Waals surface area contributed by atoms with E-state index in [0.717, 1.165) is 0 Å². The van der Waals surface area contributed by atoms with E-state index >= 15 is 0 Å². The Morgan fingerprint density at radius 3 is 2.25 bits per heavy atom. The Hall–Kier alpha value is -4.13. The van der Waals surface area contributed by atoms with Crippen LogP contribution in [-0.2, 0) is 0 Å². The Labute approximate surface area is 159 Å². The first-order valence-corrected chi connectivity index (χ1v) is 8.50. The Bertz CT molecular complexity index is 1250. The number of pyridine rings is 1. The van der Waals surface area contributed by atoms with Gasteiger partial charge in [0, 0.05) is 11.1 Å². The summed E-state index contributed by atoms with van der Waals surface area (Å²) in [5, 5.41) is 25.3. The molecular weight excluding hydrogens is 358 g/mol. The third-order valence-electron chi connectivity index (χ3n) is 4.42. The Morgan fingerprint density at radius 2 is 1.54 bits per heavy atom. The van der Waals surface area contributed by atoms with Crippen molar-refractivity contribution in [2.24, 2.45) is 0 Å². The maximum absolute atomic E-state index is 13.1. The van der Waals surface area contributed by atoms with E-state index in [1.807, 2.05) is 0 Å². The first-order valence-electron chi connectivity index (χ1n) is 8.50. The summed E-state index contributed by atoms with van der Waals surface area (Å²) in [6.45, 7) is 0. The zero-order chi connectivity index (χ0) is 19.7. The van der Waals surface area contributed by atoms with Gasteiger partial charge in [0.15, 0.2) is 0 Å². The maximum Gasteiger partial charge on any atom is 0.358 e. The minimum Gasteiger partial charge on any atom is -0.506 e. The van der Waals surface area contributed by atoms with Crippen molar-refractivity contribution in [3.63, 3.8) is 0 Å². The summed E-state index contributed by atoms with van der Waals surface area (Å²) in [7, 11) is 0. The Kier molecular flexibility index (Phi) is 4.25. The fourth-order valence-electron chi connectivity index (χ4n) is 3.17. The van der Waals surface area contributed by atoms with Crippen molar-refractivity contribution in [2.45, 2.75) is 0 Å². The Balaban J connectivity index is 2.09. The van der Waals surface area contributed by atoms with Crippen LogP contribution in [0.2, 0.25) is 0 Å². The molecule has 3 aromatic carbocycles. The van der Waals surface area contributed by atoms with Gasteiger partial charge in [-0.25, -0.2) is 0 Å². The average molecular weight is 373 g/mol. The SMILES string of the molecule is O=c1c([N+](=O)[O-])c(Nc2ccccc2O)c2ccccc2n1-c1ccccc1. The van der Waals surface area contributed by atoms with Gasteiger partial charge in [0.1, 0.15) is 11.4 Å². The molecular formula is C21H15N3O4. The number of rotatable bonds is 4. The zero-order valence-electron chi connectivity index (χ0n) is 14.6. The van der Waals surface area contributed by atoms with Gasteiger partial charge in [-0.2, -0.15) is 0 Å². The van der Waals surface area contributed by atoms with Crippen molar-refractivity contribution >= 4 is 28.0 Å². The van der Waals surface area contributed by atoms with Crippen molar-refractivity contribution in [1.82, 2.24) is 4.57 Å². The molecule has 1 heterocycles. The fraction of sp³-hybridized carbons (Fsp3) is 0. The number of aromatic hydroxyl groups is 1. The molecule has 1 aromatic heterocycles. The molecule has 7 heteroatoms. The third kappa shape index (κ3) is 2.84.